The second kappa shape index (κ2) is 8.65. The zero-order valence-corrected chi connectivity index (χ0v) is 18.6. The molecule has 2 aliphatic rings. The molecule has 2 aromatic carbocycles. The summed E-state index contributed by atoms with van der Waals surface area (Å²) in [5, 5.41) is 1.94. The number of sulfonamides is 1. The minimum atomic E-state index is -3.56. The fourth-order valence-corrected chi connectivity index (χ4v) is 6.33. The van der Waals surface area contributed by atoms with Crippen molar-refractivity contribution >= 4 is 26.7 Å². The predicted octanol–water partition coefficient (Wildman–Crippen LogP) is 2.65. The number of carbonyl (C=O) groups excluding carboxylic acids is 1. The highest BCUT2D eigenvalue weighted by Gasteiger charge is 2.31. The Morgan fingerprint density at radius 1 is 0.933 bits per heavy atom. The molecule has 30 heavy (non-hydrogen) atoms. The number of rotatable bonds is 4. The quantitative estimate of drug-likeness (QED) is 0.750. The zero-order chi connectivity index (χ0) is 21.3. The third-order valence-electron chi connectivity index (χ3n) is 6.25. The molecular formula is C23H31N3O3S. The van der Waals surface area contributed by atoms with Crippen molar-refractivity contribution in [3.05, 3.63) is 42.5 Å². The molecule has 2 saturated heterocycles. The van der Waals surface area contributed by atoms with E-state index in [9.17, 15) is 13.2 Å². The molecule has 0 bridgehead atoms. The molecule has 2 fully saturated rings. The first-order chi connectivity index (χ1) is 14.3. The van der Waals surface area contributed by atoms with Gasteiger partial charge in [0.1, 0.15) is 0 Å². The number of nitrogens with zero attached hydrogens (tertiary/aromatic N) is 3. The maximum absolute atomic E-state index is 13.1. The third-order valence-corrected chi connectivity index (χ3v) is 8.15. The van der Waals surface area contributed by atoms with E-state index in [-0.39, 0.29) is 5.91 Å². The summed E-state index contributed by atoms with van der Waals surface area (Å²) < 4.78 is 27.7. The molecule has 0 saturated carbocycles. The molecule has 4 rings (SSSR count). The molecule has 0 spiro atoms. The third kappa shape index (κ3) is 4.53. The molecule has 2 atom stereocenters. The lowest BCUT2D eigenvalue weighted by Gasteiger charge is -2.38. The highest BCUT2D eigenvalue weighted by atomic mass is 32.2. The molecule has 0 radical (unpaired) electrons. The van der Waals surface area contributed by atoms with Gasteiger partial charge in [-0.2, -0.15) is 4.31 Å². The van der Waals surface area contributed by atoms with E-state index in [0.717, 1.165) is 23.9 Å². The first-order valence-electron chi connectivity index (χ1n) is 10.8. The van der Waals surface area contributed by atoms with E-state index in [0.29, 0.717) is 49.5 Å². The predicted molar refractivity (Wildman–Crippen MR) is 119 cm³/mol. The van der Waals surface area contributed by atoms with Gasteiger partial charge in [0, 0.05) is 39.3 Å². The normalized spacial score (nSPS) is 24.3. The minimum absolute atomic E-state index is 0.110. The van der Waals surface area contributed by atoms with Gasteiger partial charge in [0.25, 0.3) is 0 Å². The van der Waals surface area contributed by atoms with Crippen molar-refractivity contribution < 1.29 is 13.2 Å². The average molecular weight is 430 g/mol. The van der Waals surface area contributed by atoms with Crippen LogP contribution in [-0.4, -0.2) is 74.2 Å². The number of piperidine rings is 1. The number of carbonyl (C=O) groups is 1. The molecule has 2 aliphatic heterocycles. The smallest absolute Gasteiger partial charge is 0.243 e. The van der Waals surface area contributed by atoms with Crippen LogP contribution < -0.4 is 0 Å². The lowest BCUT2D eigenvalue weighted by atomic mass is 9.92. The van der Waals surface area contributed by atoms with Gasteiger partial charge in [0.2, 0.25) is 15.9 Å². The van der Waals surface area contributed by atoms with Crippen molar-refractivity contribution in [2.24, 2.45) is 11.8 Å². The lowest BCUT2D eigenvalue weighted by molar-refractivity contribution is -0.134. The van der Waals surface area contributed by atoms with Crippen LogP contribution in [0.2, 0.25) is 0 Å². The summed E-state index contributed by atoms with van der Waals surface area (Å²) in [5.41, 5.74) is 0. The van der Waals surface area contributed by atoms with Gasteiger partial charge < -0.3 is 4.90 Å². The first kappa shape index (κ1) is 21.3. The number of piperazine rings is 1. The molecule has 7 heteroatoms. The van der Waals surface area contributed by atoms with Gasteiger partial charge in [0.05, 0.1) is 11.4 Å². The summed E-state index contributed by atoms with van der Waals surface area (Å²) in [6.07, 6.45) is 1.22. The summed E-state index contributed by atoms with van der Waals surface area (Å²) in [4.78, 5) is 17.2. The second-order valence-electron chi connectivity index (χ2n) is 8.93. The monoisotopic (exact) mass is 429 g/mol. The first-order valence-corrected chi connectivity index (χ1v) is 12.3. The topological polar surface area (TPSA) is 60.9 Å². The van der Waals surface area contributed by atoms with Gasteiger partial charge in [-0.1, -0.05) is 44.2 Å². The fraction of sp³-hybridized carbons (Fsp3) is 0.522. The van der Waals surface area contributed by atoms with Crippen LogP contribution in [0.3, 0.4) is 0 Å². The molecule has 1 amide bonds. The van der Waals surface area contributed by atoms with Crippen LogP contribution in [-0.2, 0) is 14.8 Å². The van der Waals surface area contributed by atoms with Crippen molar-refractivity contribution in [3.8, 4) is 0 Å². The van der Waals surface area contributed by atoms with Gasteiger partial charge in [0.15, 0.2) is 0 Å². The number of fused-ring (bicyclic) bond motifs is 1. The zero-order valence-electron chi connectivity index (χ0n) is 17.8. The maximum atomic E-state index is 13.1. The molecule has 6 nitrogen and oxygen atoms in total. The van der Waals surface area contributed by atoms with E-state index in [1.165, 1.54) is 10.7 Å². The molecule has 0 N–H and O–H groups in total. The van der Waals surface area contributed by atoms with Crippen molar-refractivity contribution in [2.45, 2.75) is 25.2 Å². The summed E-state index contributed by atoms with van der Waals surface area (Å²) in [7, 11) is -3.56. The van der Waals surface area contributed by atoms with Gasteiger partial charge in [-0.15, -0.1) is 0 Å². The van der Waals surface area contributed by atoms with E-state index in [1.54, 1.807) is 12.1 Å². The number of hydrogen-bond donors (Lipinski definition) is 0. The Morgan fingerprint density at radius 2 is 1.57 bits per heavy atom. The largest absolute Gasteiger partial charge is 0.339 e. The van der Waals surface area contributed by atoms with Crippen molar-refractivity contribution in [3.63, 3.8) is 0 Å². The second-order valence-corrected chi connectivity index (χ2v) is 10.9. The molecule has 2 aromatic rings. The molecule has 0 aliphatic carbocycles. The van der Waals surface area contributed by atoms with Crippen LogP contribution in [0.25, 0.3) is 10.8 Å². The lowest BCUT2D eigenvalue weighted by Crippen LogP contribution is -2.53. The van der Waals surface area contributed by atoms with E-state index in [4.69, 9.17) is 0 Å². The molecular weight excluding hydrogens is 398 g/mol. The Morgan fingerprint density at radius 3 is 2.23 bits per heavy atom. The number of amides is 1. The van der Waals surface area contributed by atoms with Gasteiger partial charge in [-0.25, -0.2) is 8.42 Å². The summed E-state index contributed by atoms with van der Waals surface area (Å²) >= 11 is 0. The number of benzene rings is 2. The fourth-order valence-electron chi connectivity index (χ4n) is 4.87. The summed E-state index contributed by atoms with van der Waals surface area (Å²) in [5.74, 6) is 1.34. The summed E-state index contributed by atoms with van der Waals surface area (Å²) in [6.45, 7) is 8.43. The maximum Gasteiger partial charge on any atom is 0.243 e. The van der Waals surface area contributed by atoms with Gasteiger partial charge in [-0.3, -0.25) is 9.69 Å². The Labute approximate surface area is 179 Å². The van der Waals surface area contributed by atoms with Crippen molar-refractivity contribution in [1.82, 2.24) is 14.1 Å². The van der Waals surface area contributed by atoms with Gasteiger partial charge >= 0.3 is 0 Å². The van der Waals surface area contributed by atoms with Crippen LogP contribution in [0.4, 0.5) is 0 Å². The molecule has 2 heterocycles. The Kier molecular flexibility index (Phi) is 6.14. The van der Waals surface area contributed by atoms with Crippen LogP contribution in [0.5, 0.6) is 0 Å². The Bertz CT molecular complexity index is 1010. The number of hydrogen-bond acceptors (Lipinski definition) is 4. The van der Waals surface area contributed by atoms with Crippen LogP contribution in [0.15, 0.2) is 47.4 Å². The number of likely N-dealkylation sites (tertiary alicyclic amines) is 1. The van der Waals surface area contributed by atoms with Crippen molar-refractivity contribution in [1.29, 1.82) is 0 Å². The molecule has 162 valence electrons. The Balaban J connectivity index is 1.37. The van der Waals surface area contributed by atoms with Gasteiger partial charge in [-0.05, 0) is 41.2 Å². The van der Waals surface area contributed by atoms with E-state index >= 15 is 0 Å². The van der Waals surface area contributed by atoms with E-state index < -0.39 is 10.0 Å². The van der Waals surface area contributed by atoms with Crippen LogP contribution in [0, 0.1) is 11.8 Å². The summed E-state index contributed by atoms with van der Waals surface area (Å²) in [6, 6.07) is 13.0. The van der Waals surface area contributed by atoms with Crippen molar-refractivity contribution in [2.75, 3.05) is 45.8 Å². The minimum Gasteiger partial charge on any atom is -0.339 e. The SMILES string of the molecule is C[C@H]1C[C@H](C)CN(CC(=O)N2CCN(S(=O)(=O)c3ccc4ccccc4c3)CC2)C1. The van der Waals surface area contributed by atoms with Crippen LogP contribution in [0.1, 0.15) is 20.3 Å². The van der Waals surface area contributed by atoms with E-state index in [2.05, 4.69) is 18.7 Å². The van der Waals surface area contributed by atoms with Crippen LogP contribution >= 0.6 is 0 Å². The Hall–Kier alpha value is -1.96. The molecule has 0 aromatic heterocycles. The molecule has 0 unspecified atom stereocenters. The highest BCUT2D eigenvalue weighted by Crippen LogP contribution is 2.24. The van der Waals surface area contributed by atoms with E-state index in [1.807, 2.05) is 35.2 Å². The standard InChI is InChI=1S/C23H31N3O3S/c1-18-13-19(2)16-24(15-18)17-23(27)25-9-11-26(12-10-25)30(28,29)22-8-7-20-5-3-4-6-21(20)14-22/h3-8,14,18-19H,9-13,15-17H2,1-2H3/t18-,19-/m0/s1. The average Bonchev–Trinajstić information content (AvgIpc) is 2.72. The highest BCUT2D eigenvalue weighted by molar-refractivity contribution is 7.89.